The molecule has 28 heavy (non-hydrogen) atoms. The topological polar surface area (TPSA) is 119 Å². The van der Waals surface area contributed by atoms with Crippen molar-refractivity contribution in [2.75, 3.05) is 12.3 Å². The molecule has 0 aliphatic carbocycles. The van der Waals surface area contributed by atoms with Gasteiger partial charge in [0.25, 0.3) is 5.91 Å². The lowest BCUT2D eigenvalue weighted by molar-refractivity contribution is 0.100. The van der Waals surface area contributed by atoms with Crippen LogP contribution in [0, 0.1) is 6.92 Å². The average Bonchev–Trinajstić information content (AvgIpc) is 3.33. The Labute approximate surface area is 170 Å². The van der Waals surface area contributed by atoms with Crippen LogP contribution < -0.4 is 11.5 Å². The summed E-state index contributed by atoms with van der Waals surface area (Å²) in [7, 11) is -0.843. The Morgan fingerprint density at radius 3 is 2.64 bits per heavy atom. The second-order valence-corrected chi connectivity index (χ2v) is 8.48. The van der Waals surface area contributed by atoms with Crippen LogP contribution in [0.4, 0.5) is 0 Å². The number of benzene rings is 1. The van der Waals surface area contributed by atoms with Crippen LogP contribution in [0.2, 0.25) is 0 Å². The van der Waals surface area contributed by atoms with Crippen LogP contribution >= 0.6 is 11.3 Å². The SMILES string of the molecule is C=CS(=O)CCCN.Cc1c[nH]c2c(C(N)=O)cc(-c3csc(C=O)c3)cc12. The van der Waals surface area contributed by atoms with Gasteiger partial charge in [-0.15, -0.1) is 11.3 Å². The number of nitrogens with two attached hydrogens (primary N) is 2. The number of carbonyl (C=O) groups is 2. The minimum atomic E-state index is -0.843. The maximum absolute atomic E-state index is 11.6. The van der Waals surface area contributed by atoms with Crippen molar-refractivity contribution in [2.45, 2.75) is 13.3 Å². The highest BCUT2D eigenvalue weighted by Crippen LogP contribution is 2.31. The Bertz CT molecular complexity index is 1020. The number of amides is 1. The van der Waals surface area contributed by atoms with Crippen molar-refractivity contribution in [2.24, 2.45) is 11.5 Å². The van der Waals surface area contributed by atoms with Crippen molar-refractivity contribution < 1.29 is 13.8 Å². The molecule has 0 aliphatic heterocycles. The first-order valence-corrected chi connectivity index (χ1v) is 10.8. The van der Waals surface area contributed by atoms with Gasteiger partial charge in [0.15, 0.2) is 6.29 Å². The van der Waals surface area contributed by atoms with Crippen LogP contribution in [0.5, 0.6) is 0 Å². The molecule has 2 aromatic heterocycles. The van der Waals surface area contributed by atoms with Crippen LogP contribution in [0.15, 0.2) is 41.8 Å². The molecule has 1 unspecified atom stereocenters. The Hall–Kier alpha value is -2.55. The van der Waals surface area contributed by atoms with Crippen LogP contribution in [-0.2, 0) is 10.8 Å². The van der Waals surface area contributed by atoms with E-state index >= 15 is 0 Å². The van der Waals surface area contributed by atoms with Crippen molar-refractivity contribution in [3.05, 3.63) is 57.8 Å². The molecule has 3 aromatic rings. The molecule has 0 aliphatic rings. The molecule has 0 saturated heterocycles. The first-order chi connectivity index (χ1) is 13.4. The van der Waals surface area contributed by atoms with Crippen LogP contribution in [-0.4, -0.2) is 33.7 Å². The standard InChI is InChI=1S/C15H12N2O2S.C5H11NOS/c1-8-5-17-14-12(8)3-9(4-13(14)15(16)19)10-2-11(6-18)20-7-10;1-2-8(7)5-3-4-6/h2-7,17H,1H3,(H2,16,19);2H,1,3-6H2. The monoisotopic (exact) mass is 417 g/mol. The first-order valence-electron chi connectivity index (χ1n) is 8.56. The molecule has 0 radical (unpaired) electrons. The Morgan fingerprint density at radius 1 is 1.32 bits per heavy atom. The summed E-state index contributed by atoms with van der Waals surface area (Å²) in [5, 5.41) is 4.31. The number of aromatic nitrogens is 1. The summed E-state index contributed by atoms with van der Waals surface area (Å²) in [6, 6.07) is 5.58. The summed E-state index contributed by atoms with van der Waals surface area (Å²) < 4.78 is 10.5. The van der Waals surface area contributed by atoms with Crippen molar-refractivity contribution in [1.29, 1.82) is 0 Å². The summed E-state index contributed by atoms with van der Waals surface area (Å²) in [6.45, 7) is 5.95. The quantitative estimate of drug-likeness (QED) is 0.511. The van der Waals surface area contributed by atoms with Gasteiger partial charge in [-0.1, -0.05) is 6.58 Å². The molecule has 5 N–H and O–H groups in total. The number of rotatable bonds is 7. The van der Waals surface area contributed by atoms with Gasteiger partial charge in [-0.2, -0.15) is 0 Å². The van der Waals surface area contributed by atoms with Gasteiger partial charge in [-0.05, 0) is 65.6 Å². The Morgan fingerprint density at radius 2 is 2.07 bits per heavy atom. The lowest BCUT2D eigenvalue weighted by Crippen LogP contribution is -2.11. The third-order valence-electron chi connectivity index (χ3n) is 4.07. The third kappa shape index (κ3) is 5.25. The molecule has 6 nitrogen and oxygen atoms in total. The van der Waals surface area contributed by atoms with E-state index in [0.29, 0.717) is 22.7 Å². The molecular weight excluding hydrogens is 394 g/mol. The number of hydrogen-bond acceptors (Lipinski definition) is 5. The van der Waals surface area contributed by atoms with Crippen LogP contribution in [0.3, 0.4) is 0 Å². The summed E-state index contributed by atoms with van der Waals surface area (Å²) in [6.07, 6.45) is 3.49. The van der Waals surface area contributed by atoms with E-state index in [2.05, 4.69) is 11.6 Å². The molecule has 0 bridgehead atoms. The number of fused-ring (bicyclic) bond motifs is 1. The van der Waals surface area contributed by atoms with Gasteiger partial charge in [0.1, 0.15) is 0 Å². The Balaban J connectivity index is 0.000000300. The van der Waals surface area contributed by atoms with E-state index in [4.69, 9.17) is 11.5 Å². The molecule has 0 saturated carbocycles. The van der Waals surface area contributed by atoms with E-state index in [1.807, 2.05) is 30.6 Å². The zero-order valence-corrected chi connectivity index (χ0v) is 17.2. The molecule has 0 fully saturated rings. The van der Waals surface area contributed by atoms with Crippen molar-refractivity contribution in [3.8, 4) is 11.1 Å². The number of carbonyl (C=O) groups excluding carboxylic acids is 2. The molecule has 2 heterocycles. The minimum Gasteiger partial charge on any atom is -0.366 e. The average molecular weight is 418 g/mol. The molecule has 3 rings (SSSR count). The van der Waals surface area contributed by atoms with Gasteiger partial charge in [-0.25, -0.2) is 0 Å². The van der Waals surface area contributed by atoms with E-state index in [0.717, 1.165) is 40.3 Å². The van der Waals surface area contributed by atoms with E-state index in [-0.39, 0.29) is 0 Å². The zero-order valence-electron chi connectivity index (χ0n) is 15.6. The predicted molar refractivity (Wildman–Crippen MR) is 117 cm³/mol. The largest absolute Gasteiger partial charge is 0.366 e. The van der Waals surface area contributed by atoms with Gasteiger partial charge in [0.2, 0.25) is 0 Å². The van der Waals surface area contributed by atoms with Gasteiger partial charge < -0.3 is 16.5 Å². The number of H-pyrrole nitrogens is 1. The van der Waals surface area contributed by atoms with Gasteiger partial charge in [0, 0.05) is 28.1 Å². The predicted octanol–water partition coefficient (Wildman–Crippen LogP) is 3.34. The van der Waals surface area contributed by atoms with Gasteiger partial charge in [-0.3, -0.25) is 13.8 Å². The third-order valence-corrected chi connectivity index (χ3v) is 5.99. The van der Waals surface area contributed by atoms with Crippen LogP contribution in [0.25, 0.3) is 22.0 Å². The fourth-order valence-corrected chi connectivity index (χ4v) is 3.94. The number of aryl methyl sites for hydroxylation is 1. The molecule has 8 heteroatoms. The highest BCUT2D eigenvalue weighted by atomic mass is 32.2. The summed E-state index contributed by atoms with van der Waals surface area (Å²) in [5.74, 6) is 0.185. The van der Waals surface area contributed by atoms with E-state index < -0.39 is 16.7 Å². The van der Waals surface area contributed by atoms with E-state index in [9.17, 15) is 13.8 Å². The smallest absolute Gasteiger partial charge is 0.250 e. The summed E-state index contributed by atoms with van der Waals surface area (Å²) in [4.78, 5) is 26.1. The number of aldehydes is 1. The second kappa shape index (κ2) is 10.1. The highest BCUT2D eigenvalue weighted by Gasteiger charge is 2.13. The molecular formula is C20H23N3O3S2. The maximum atomic E-state index is 11.6. The lowest BCUT2D eigenvalue weighted by Gasteiger charge is -2.04. The Kier molecular flexibility index (Phi) is 7.86. The number of hydrogen-bond donors (Lipinski definition) is 3. The molecule has 1 atom stereocenters. The van der Waals surface area contributed by atoms with Gasteiger partial charge >= 0.3 is 0 Å². The van der Waals surface area contributed by atoms with E-state index in [1.54, 1.807) is 6.07 Å². The summed E-state index contributed by atoms with van der Waals surface area (Å²) in [5.41, 5.74) is 14.7. The number of nitrogens with one attached hydrogen (secondary N) is 1. The number of aromatic amines is 1. The molecule has 1 aromatic carbocycles. The second-order valence-electron chi connectivity index (χ2n) is 6.03. The molecule has 148 valence electrons. The van der Waals surface area contributed by atoms with Gasteiger partial charge in [0.05, 0.1) is 16.0 Å². The molecule has 1 amide bonds. The van der Waals surface area contributed by atoms with Crippen molar-refractivity contribution in [3.63, 3.8) is 0 Å². The molecule has 0 spiro atoms. The maximum Gasteiger partial charge on any atom is 0.250 e. The highest BCUT2D eigenvalue weighted by molar-refractivity contribution is 7.87. The zero-order chi connectivity index (χ0) is 20.7. The van der Waals surface area contributed by atoms with Crippen molar-refractivity contribution in [1.82, 2.24) is 4.98 Å². The first kappa shape index (κ1) is 21.7. The number of primary amides is 1. The minimum absolute atomic E-state index is 0.462. The number of thiophene rings is 1. The fraction of sp³-hybridized carbons (Fsp3) is 0.200. The van der Waals surface area contributed by atoms with E-state index in [1.165, 1.54) is 16.7 Å². The summed E-state index contributed by atoms with van der Waals surface area (Å²) >= 11 is 1.38. The lowest BCUT2D eigenvalue weighted by atomic mass is 10.0. The fourth-order valence-electron chi connectivity index (χ4n) is 2.60. The van der Waals surface area contributed by atoms with Crippen molar-refractivity contribution >= 4 is 45.2 Å². The van der Waals surface area contributed by atoms with Crippen LogP contribution in [0.1, 0.15) is 32.0 Å². The normalized spacial score (nSPS) is 11.5.